The van der Waals surface area contributed by atoms with Gasteiger partial charge in [0.25, 0.3) is 0 Å². The summed E-state index contributed by atoms with van der Waals surface area (Å²) in [6, 6.07) is 0.0923. The van der Waals surface area contributed by atoms with Gasteiger partial charge in [0.05, 0.1) is 5.75 Å². The van der Waals surface area contributed by atoms with E-state index in [1.807, 2.05) is 12.3 Å². The lowest BCUT2D eigenvalue weighted by atomic mass is 10.0. The Morgan fingerprint density at radius 1 is 1.47 bits per heavy atom. The predicted molar refractivity (Wildman–Crippen MR) is 65.4 cm³/mol. The molecule has 1 aliphatic rings. The number of amides is 1. The number of hydrogen-bond donors (Lipinski definition) is 2. The van der Waals surface area contributed by atoms with Crippen LogP contribution >= 0.6 is 0 Å². The van der Waals surface area contributed by atoms with E-state index in [1.165, 1.54) is 0 Å². The molecule has 1 saturated heterocycles. The largest absolute Gasteiger partial charge is 0.294 e. The highest BCUT2D eigenvalue weighted by Gasteiger charge is 2.31. The molecule has 6 nitrogen and oxygen atoms in total. The van der Waals surface area contributed by atoms with E-state index in [9.17, 15) is 13.2 Å². The van der Waals surface area contributed by atoms with E-state index in [0.29, 0.717) is 6.54 Å². The van der Waals surface area contributed by atoms with Gasteiger partial charge < -0.3 is 0 Å². The summed E-state index contributed by atoms with van der Waals surface area (Å²) in [5.41, 5.74) is 1.94. The van der Waals surface area contributed by atoms with Crippen LogP contribution in [0.3, 0.4) is 0 Å². The summed E-state index contributed by atoms with van der Waals surface area (Å²) in [6.07, 6.45) is 3.64. The first-order chi connectivity index (χ1) is 8.01. The maximum Gasteiger partial charge on any atom is 0.234 e. The number of hydrazine groups is 1. The number of carbonyl (C=O) groups excluding carboxylic acids is 1. The van der Waals surface area contributed by atoms with Crippen LogP contribution in [0.15, 0.2) is 0 Å². The number of nitrogens with two attached hydrogens (primary N) is 1. The lowest BCUT2D eigenvalue weighted by Crippen LogP contribution is -2.45. The van der Waals surface area contributed by atoms with Crippen LogP contribution in [0.1, 0.15) is 39.0 Å². The first-order valence-corrected chi connectivity index (χ1v) is 7.61. The monoisotopic (exact) mass is 263 g/mol. The second-order valence-corrected chi connectivity index (χ2v) is 6.34. The van der Waals surface area contributed by atoms with Crippen molar-refractivity contribution in [3.8, 4) is 0 Å². The van der Waals surface area contributed by atoms with E-state index in [2.05, 4.69) is 0 Å². The zero-order chi connectivity index (χ0) is 12.9. The van der Waals surface area contributed by atoms with Crippen LogP contribution in [0, 0.1) is 0 Å². The fourth-order valence-electron chi connectivity index (χ4n) is 2.16. The molecule has 0 radical (unpaired) electrons. The highest BCUT2D eigenvalue weighted by atomic mass is 32.2. The van der Waals surface area contributed by atoms with Gasteiger partial charge in [-0.1, -0.05) is 13.3 Å². The van der Waals surface area contributed by atoms with Gasteiger partial charge in [-0.25, -0.2) is 14.3 Å². The Morgan fingerprint density at radius 2 is 2.18 bits per heavy atom. The molecule has 3 N–H and O–H groups in total. The van der Waals surface area contributed by atoms with Crippen LogP contribution in [-0.4, -0.2) is 37.0 Å². The quantitative estimate of drug-likeness (QED) is 0.413. The minimum Gasteiger partial charge on any atom is -0.294 e. The van der Waals surface area contributed by atoms with Gasteiger partial charge >= 0.3 is 0 Å². The van der Waals surface area contributed by atoms with Crippen LogP contribution in [0.4, 0.5) is 0 Å². The van der Waals surface area contributed by atoms with Gasteiger partial charge in [0, 0.05) is 19.0 Å². The van der Waals surface area contributed by atoms with Crippen molar-refractivity contribution < 1.29 is 13.2 Å². The Hall–Kier alpha value is -0.660. The van der Waals surface area contributed by atoms with Crippen LogP contribution < -0.4 is 11.3 Å². The third kappa shape index (κ3) is 3.93. The summed E-state index contributed by atoms with van der Waals surface area (Å²) in [5, 5.41) is 0. The Labute approximate surface area is 103 Å². The predicted octanol–water partition coefficient (Wildman–Crippen LogP) is -0.0393. The molecule has 0 spiro atoms. The van der Waals surface area contributed by atoms with E-state index in [4.69, 9.17) is 5.84 Å². The molecule has 0 aromatic heterocycles. The normalized spacial score (nSPS) is 22.4. The SMILES string of the molecule is CCC1CCCCN1S(=O)(=O)CCC(=O)NN. The summed E-state index contributed by atoms with van der Waals surface area (Å²) in [5.74, 6) is 4.32. The topological polar surface area (TPSA) is 92.5 Å². The lowest BCUT2D eigenvalue weighted by Gasteiger charge is -2.34. The molecular weight excluding hydrogens is 242 g/mol. The second kappa shape index (κ2) is 6.32. The lowest BCUT2D eigenvalue weighted by molar-refractivity contribution is -0.120. The summed E-state index contributed by atoms with van der Waals surface area (Å²) in [7, 11) is -3.33. The molecule has 1 fully saturated rings. The summed E-state index contributed by atoms with van der Waals surface area (Å²) >= 11 is 0. The number of nitrogens with one attached hydrogen (secondary N) is 1. The molecule has 0 aliphatic carbocycles. The van der Waals surface area contributed by atoms with Gasteiger partial charge in [0.1, 0.15) is 0 Å². The number of piperidine rings is 1. The van der Waals surface area contributed by atoms with Crippen LogP contribution in [0.2, 0.25) is 0 Å². The molecule has 1 unspecified atom stereocenters. The zero-order valence-electron chi connectivity index (χ0n) is 10.2. The van der Waals surface area contributed by atoms with Crippen molar-refractivity contribution >= 4 is 15.9 Å². The third-order valence-electron chi connectivity index (χ3n) is 3.15. The van der Waals surface area contributed by atoms with Crippen LogP contribution in [0.5, 0.6) is 0 Å². The summed E-state index contributed by atoms with van der Waals surface area (Å²) in [4.78, 5) is 11.0. The first kappa shape index (κ1) is 14.4. The van der Waals surface area contributed by atoms with Crippen molar-refractivity contribution in [3.05, 3.63) is 0 Å². The first-order valence-electron chi connectivity index (χ1n) is 6.00. The number of rotatable bonds is 5. The van der Waals surface area contributed by atoms with Crippen molar-refractivity contribution in [2.24, 2.45) is 5.84 Å². The molecule has 1 heterocycles. The van der Waals surface area contributed by atoms with Gasteiger partial charge in [-0.05, 0) is 19.3 Å². The standard InChI is InChI=1S/C10H21N3O3S/c1-2-9-5-3-4-7-13(9)17(15,16)8-6-10(14)12-11/h9H,2-8,11H2,1H3,(H,12,14). The van der Waals surface area contributed by atoms with E-state index in [-0.39, 0.29) is 18.2 Å². The molecule has 0 aromatic rings. The Kier molecular flexibility index (Phi) is 5.35. The molecular formula is C10H21N3O3S. The van der Waals surface area contributed by atoms with E-state index < -0.39 is 15.9 Å². The number of sulfonamides is 1. The molecule has 1 rings (SSSR count). The van der Waals surface area contributed by atoms with Crippen LogP contribution in [0.25, 0.3) is 0 Å². The fourth-order valence-corrected chi connectivity index (χ4v) is 3.95. The van der Waals surface area contributed by atoms with Crippen molar-refractivity contribution in [2.45, 2.75) is 45.1 Å². The molecule has 100 valence electrons. The highest BCUT2D eigenvalue weighted by Crippen LogP contribution is 2.23. The maximum absolute atomic E-state index is 12.1. The van der Waals surface area contributed by atoms with Gasteiger partial charge in [-0.15, -0.1) is 0 Å². The van der Waals surface area contributed by atoms with Gasteiger partial charge in [0.2, 0.25) is 15.9 Å². The summed E-state index contributed by atoms with van der Waals surface area (Å²) < 4.78 is 25.7. The molecule has 0 aromatic carbocycles. The van der Waals surface area contributed by atoms with Gasteiger partial charge in [-0.3, -0.25) is 10.2 Å². The number of hydrogen-bond acceptors (Lipinski definition) is 4. The molecule has 17 heavy (non-hydrogen) atoms. The summed E-state index contributed by atoms with van der Waals surface area (Å²) in [6.45, 7) is 2.57. The van der Waals surface area contributed by atoms with E-state index >= 15 is 0 Å². The highest BCUT2D eigenvalue weighted by molar-refractivity contribution is 7.89. The number of carbonyl (C=O) groups is 1. The zero-order valence-corrected chi connectivity index (χ0v) is 11.0. The Balaban J connectivity index is 2.64. The molecule has 0 bridgehead atoms. The van der Waals surface area contributed by atoms with E-state index in [1.54, 1.807) is 4.31 Å². The van der Waals surface area contributed by atoms with E-state index in [0.717, 1.165) is 25.7 Å². The molecule has 1 amide bonds. The maximum atomic E-state index is 12.1. The average molecular weight is 263 g/mol. The van der Waals surface area contributed by atoms with Crippen molar-refractivity contribution in [1.29, 1.82) is 0 Å². The van der Waals surface area contributed by atoms with Crippen molar-refractivity contribution in [2.75, 3.05) is 12.3 Å². The Morgan fingerprint density at radius 3 is 2.76 bits per heavy atom. The average Bonchev–Trinajstić information content (AvgIpc) is 2.35. The third-order valence-corrected chi connectivity index (χ3v) is 5.07. The van der Waals surface area contributed by atoms with Crippen molar-refractivity contribution in [3.63, 3.8) is 0 Å². The van der Waals surface area contributed by atoms with Gasteiger partial charge in [0.15, 0.2) is 0 Å². The minimum absolute atomic E-state index is 0.0776. The minimum atomic E-state index is -3.33. The fraction of sp³-hybridized carbons (Fsp3) is 0.900. The molecule has 7 heteroatoms. The Bertz CT molecular complexity index is 356. The second-order valence-electron chi connectivity index (χ2n) is 4.30. The van der Waals surface area contributed by atoms with Crippen LogP contribution in [-0.2, 0) is 14.8 Å². The smallest absolute Gasteiger partial charge is 0.234 e. The van der Waals surface area contributed by atoms with Crippen molar-refractivity contribution in [1.82, 2.24) is 9.73 Å². The van der Waals surface area contributed by atoms with Gasteiger partial charge in [-0.2, -0.15) is 4.31 Å². The number of nitrogens with zero attached hydrogens (tertiary/aromatic N) is 1. The molecule has 1 atom stereocenters. The molecule has 0 saturated carbocycles. The molecule has 1 aliphatic heterocycles.